The number of benzene rings is 2. The van der Waals surface area contributed by atoms with Gasteiger partial charge in [-0.2, -0.15) is 0 Å². The number of rotatable bonds is 7. The first-order valence-electron chi connectivity index (χ1n) is 11.8. The molecular formula is C28H24ClN3O4S2. The third-order valence-electron chi connectivity index (χ3n) is 6.17. The van der Waals surface area contributed by atoms with Gasteiger partial charge in [-0.05, 0) is 46.4 Å². The second-order valence-corrected chi connectivity index (χ2v) is 12.4. The number of anilines is 1. The lowest BCUT2D eigenvalue weighted by Crippen LogP contribution is -2.31. The van der Waals surface area contributed by atoms with Crippen molar-refractivity contribution in [2.24, 2.45) is 0 Å². The molecule has 1 atom stereocenters. The van der Waals surface area contributed by atoms with Crippen LogP contribution in [0.15, 0.2) is 87.0 Å². The third-order valence-corrected chi connectivity index (χ3v) is 8.55. The lowest BCUT2D eigenvalue weighted by Gasteiger charge is -2.25. The molecule has 0 fully saturated rings. The Kier molecular flexibility index (Phi) is 7.17. The summed E-state index contributed by atoms with van der Waals surface area (Å²) < 4.78 is 5.95. The van der Waals surface area contributed by atoms with E-state index in [1.54, 1.807) is 6.07 Å². The van der Waals surface area contributed by atoms with Crippen molar-refractivity contribution in [1.82, 2.24) is 10.2 Å². The minimum absolute atomic E-state index is 0.0361. The van der Waals surface area contributed by atoms with Gasteiger partial charge < -0.3 is 9.52 Å². The van der Waals surface area contributed by atoms with E-state index in [9.17, 15) is 14.7 Å². The normalized spacial score (nSPS) is 15.9. The van der Waals surface area contributed by atoms with Crippen LogP contribution >= 0.6 is 34.7 Å². The molecule has 0 saturated heterocycles. The zero-order valence-electron chi connectivity index (χ0n) is 20.8. The number of nitrogens with zero attached hydrogens (tertiary/aromatic N) is 3. The summed E-state index contributed by atoms with van der Waals surface area (Å²) in [7, 11) is 0. The molecule has 0 spiro atoms. The number of carbonyl (C=O) groups excluding carboxylic acids is 2. The summed E-state index contributed by atoms with van der Waals surface area (Å²) in [4.78, 5) is 28.1. The number of carbonyl (C=O) groups is 2. The second kappa shape index (κ2) is 10.4. The highest BCUT2D eigenvalue weighted by Crippen LogP contribution is 2.44. The number of aliphatic hydroxyl groups excluding tert-OH is 1. The van der Waals surface area contributed by atoms with Crippen LogP contribution in [0, 0.1) is 0 Å². The molecule has 1 amide bonds. The number of aliphatic hydroxyl groups is 1. The van der Waals surface area contributed by atoms with Crippen molar-refractivity contribution < 1.29 is 19.1 Å². The standard InChI is InChI=1S/C28H24ClN3O4S2/c1-28(2,3)18-10-8-17(9-11-18)22-21(23(33)20-5-4-14-36-20)24(34)25(35)32(22)26-30-31-27(38-26)37-15-16-6-12-19(29)13-7-16/h4-14,22,34H,15H2,1-3H3. The predicted octanol–water partition coefficient (Wildman–Crippen LogP) is 7.16. The smallest absolute Gasteiger partial charge is 0.296 e. The Morgan fingerprint density at radius 2 is 1.82 bits per heavy atom. The first kappa shape index (κ1) is 26.2. The van der Waals surface area contributed by atoms with Crippen molar-refractivity contribution in [1.29, 1.82) is 0 Å². The number of hydrogen-bond donors (Lipinski definition) is 1. The molecular weight excluding hydrogens is 542 g/mol. The number of thioether (sulfide) groups is 1. The number of Topliss-reactive ketones (excluding diaryl/α,β-unsaturated/α-hetero) is 1. The van der Waals surface area contributed by atoms with E-state index in [0.717, 1.165) is 11.1 Å². The SMILES string of the molecule is CC(C)(C)c1ccc(C2C(C(=O)c3ccco3)=C(O)C(=O)N2c2nnc(SCc3ccc(Cl)cc3)s2)cc1. The van der Waals surface area contributed by atoms with Gasteiger partial charge in [-0.25, -0.2) is 0 Å². The molecule has 194 valence electrons. The van der Waals surface area contributed by atoms with Gasteiger partial charge in [-0.15, -0.1) is 10.2 Å². The van der Waals surface area contributed by atoms with Crippen LogP contribution in [-0.4, -0.2) is 27.0 Å². The van der Waals surface area contributed by atoms with Crippen LogP contribution in [0.3, 0.4) is 0 Å². The fourth-order valence-corrected chi connectivity index (χ4v) is 6.09. The average Bonchev–Trinajstić information content (AvgIpc) is 3.64. The number of hydrogen-bond acceptors (Lipinski definition) is 8. The average molecular weight is 566 g/mol. The number of furan rings is 1. The van der Waals surface area contributed by atoms with Gasteiger partial charge in [0.15, 0.2) is 15.9 Å². The number of amides is 1. The summed E-state index contributed by atoms with van der Waals surface area (Å²) in [5.41, 5.74) is 2.69. The first-order chi connectivity index (χ1) is 18.1. The minimum Gasteiger partial charge on any atom is -0.503 e. The molecule has 10 heteroatoms. The molecule has 2 aromatic heterocycles. The van der Waals surface area contributed by atoms with Crippen molar-refractivity contribution in [3.8, 4) is 0 Å². The maximum absolute atomic E-state index is 13.4. The molecule has 1 unspecified atom stereocenters. The Labute approximate surface area is 233 Å². The Bertz CT molecular complexity index is 1500. The molecule has 2 aromatic carbocycles. The van der Waals surface area contributed by atoms with Crippen molar-refractivity contribution in [2.45, 2.75) is 42.3 Å². The summed E-state index contributed by atoms with van der Waals surface area (Å²) in [5, 5.41) is 20.4. The molecule has 0 saturated carbocycles. The highest BCUT2D eigenvalue weighted by atomic mass is 35.5. The van der Waals surface area contributed by atoms with E-state index in [2.05, 4.69) is 31.0 Å². The maximum atomic E-state index is 13.4. The van der Waals surface area contributed by atoms with Crippen molar-refractivity contribution >= 4 is 51.5 Å². The first-order valence-corrected chi connectivity index (χ1v) is 14.0. The van der Waals surface area contributed by atoms with Gasteiger partial charge in [0.1, 0.15) is 0 Å². The highest BCUT2D eigenvalue weighted by Gasteiger charge is 2.46. The second-order valence-electron chi connectivity index (χ2n) is 9.78. The van der Waals surface area contributed by atoms with Crippen LogP contribution in [0.4, 0.5) is 5.13 Å². The van der Waals surface area contributed by atoms with Crippen LogP contribution in [0.5, 0.6) is 0 Å². The molecule has 0 radical (unpaired) electrons. The molecule has 0 bridgehead atoms. The molecule has 1 N–H and O–H groups in total. The summed E-state index contributed by atoms with van der Waals surface area (Å²) in [5.74, 6) is -1.22. The largest absolute Gasteiger partial charge is 0.503 e. The van der Waals surface area contributed by atoms with E-state index in [0.29, 0.717) is 20.7 Å². The Morgan fingerprint density at radius 3 is 2.45 bits per heavy atom. The van der Waals surface area contributed by atoms with Gasteiger partial charge >= 0.3 is 0 Å². The van der Waals surface area contributed by atoms with Gasteiger partial charge in [0, 0.05) is 10.8 Å². The summed E-state index contributed by atoms with van der Waals surface area (Å²) in [6.45, 7) is 6.32. The topological polar surface area (TPSA) is 96.5 Å². The lowest BCUT2D eigenvalue weighted by molar-refractivity contribution is -0.117. The van der Waals surface area contributed by atoms with Crippen molar-refractivity contribution in [3.63, 3.8) is 0 Å². The van der Waals surface area contributed by atoms with Crippen LogP contribution in [0.2, 0.25) is 5.02 Å². The minimum atomic E-state index is -0.892. The monoisotopic (exact) mass is 565 g/mol. The fraction of sp³-hybridized carbons (Fsp3) is 0.214. The molecule has 3 heterocycles. The number of aromatic nitrogens is 2. The van der Waals surface area contributed by atoms with Gasteiger partial charge in [-0.1, -0.05) is 91.9 Å². The van der Waals surface area contributed by atoms with Gasteiger partial charge in [0.05, 0.1) is 17.9 Å². The Balaban J connectivity index is 1.49. The van der Waals surface area contributed by atoms with Gasteiger partial charge in [0.2, 0.25) is 10.9 Å². The quantitative estimate of drug-likeness (QED) is 0.144. The zero-order valence-corrected chi connectivity index (χ0v) is 23.2. The highest BCUT2D eigenvalue weighted by molar-refractivity contribution is 8.00. The Morgan fingerprint density at radius 1 is 1.11 bits per heavy atom. The van der Waals surface area contributed by atoms with Crippen LogP contribution < -0.4 is 4.90 Å². The number of ketones is 1. The lowest BCUT2D eigenvalue weighted by atomic mass is 9.85. The molecule has 4 aromatic rings. The molecule has 5 rings (SSSR count). The maximum Gasteiger partial charge on any atom is 0.296 e. The van der Waals surface area contributed by atoms with E-state index in [-0.39, 0.29) is 21.9 Å². The predicted molar refractivity (Wildman–Crippen MR) is 149 cm³/mol. The summed E-state index contributed by atoms with van der Waals surface area (Å²) >= 11 is 8.67. The molecule has 7 nitrogen and oxygen atoms in total. The summed E-state index contributed by atoms with van der Waals surface area (Å²) in [6.07, 6.45) is 1.38. The van der Waals surface area contributed by atoms with E-state index >= 15 is 0 Å². The zero-order chi connectivity index (χ0) is 27.0. The van der Waals surface area contributed by atoms with Crippen LogP contribution in [0.25, 0.3) is 0 Å². The molecule has 38 heavy (non-hydrogen) atoms. The Hall–Kier alpha value is -3.40. The molecule has 0 aliphatic carbocycles. The van der Waals surface area contributed by atoms with Crippen LogP contribution in [0.1, 0.15) is 54.1 Å². The van der Waals surface area contributed by atoms with E-state index in [4.69, 9.17) is 16.0 Å². The number of halogens is 1. The molecule has 1 aliphatic rings. The third kappa shape index (κ3) is 5.14. The van der Waals surface area contributed by atoms with E-state index < -0.39 is 23.5 Å². The fourth-order valence-electron chi connectivity index (χ4n) is 4.14. The molecule has 1 aliphatic heterocycles. The summed E-state index contributed by atoms with van der Waals surface area (Å²) in [6, 6.07) is 17.4. The van der Waals surface area contributed by atoms with E-state index in [1.807, 2.05) is 48.5 Å². The van der Waals surface area contributed by atoms with Gasteiger partial charge in [-0.3, -0.25) is 14.5 Å². The van der Waals surface area contributed by atoms with Crippen molar-refractivity contribution in [2.75, 3.05) is 4.90 Å². The van der Waals surface area contributed by atoms with Gasteiger partial charge in [0.25, 0.3) is 5.91 Å². The van der Waals surface area contributed by atoms with E-state index in [1.165, 1.54) is 40.3 Å². The van der Waals surface area contributed by atoms with Crippen molar-refractivity contribution in [3.05, 3.63) is 106 Å². The van der Waals surface area contributed by atoms with Crippen LogP contribution in [-0.2, 0) is 16.0 Å².